The van der Waals surface area contributed by atoms with Gasteiger partial charge in [-0.15, -0.1) is 0 Å². The molecule has 6 atom stereocenters. The summed E-state index contributed by atoms with van der Waals surface area (Å²) >= 11 is 0. The molecular weight excluding hydrogens is 284 g/mol. The van der Waals surface area contributed by atoms with Gasteiger partial charge >= 0.3 is 0 Å². The molecule has 1 aliphatic heterocycles. The average Bonchev–Trinajstić information content (AvgIpc) is 3.14. The normalized spacial score (nSPS) is 54.5. The van der Waals surface area contributed by atoms with Crippen molar-refractivity contribution in [2.45, 2.75) is 83.8 Å². The summed E-state index contributed by atoms with van der Waals surface area (Å²) in [6, 6.07) is 0. The molecule has 5 rings (SSSR count). The number of fused-ring (bicyclic) bond motifs is 6. The highest BCUT2D eigenvalue weighted by molar-refractivity contribution is 5.12. The summed E-state index contributed by atoms with van der Waals surface area (Å²) in [4.78, 5) is 0. The maximum Gasteiger partial charge on any atom is 0.174 e. The molecule has 4 aliphatic carbocycles. The quantitative estimate of drug-likeness (QED) is 0.614. The lowest BCUT2D eigenvalue weighted by Crippen LogP contribution is -2.56. The Morgan fingerprint density at radius 1 is 0.739 bits per heavy atom. The van der Waals surface area contributed by atoms with Crippen molar-refractivity contribution in [1.29, 1.82) is 0 Å². The summed E-state index contributed by atoms with van der Waals surface area (Å²) < 4.78 is 12.5. The molecule has 0 bridgehead atoms. The van der Waals surface area contributed by atoms with Gasteiger partial charge in [0.05, 0.1) is 13.2 Å². The van der Waals surface area contributed by atoms with Crippen molar-refractivity contribution in [2.75, 3.05) is 13.2 Å². The maximum atomic E-state index is 6.26. The number of hydrogen-bond donors (Lipinski definition) is 0. The molecule has 1 saturated heterocycles. The second kappa shape index (κ2) is 4.97. The predicted octanol–water partition coefficient (Wildman–Crippen LogP) is 5.16. The molecule has 5 fully saturated rings. The van der Waals surface area contributed by atoms with Crippen LogP contribution in [0.25, 0.3) is 0 Å². The largest absolute Gasteiger partial charge is 0.347 e. The molecule has 1 spiro atoms. The fraction of sp³-hybridized carbons (Fsp3) is 1.00. The molecule has 5 aliphatic rings. The van der Waals surface area contributed by atoms with Gasteiger partial charge in [0.15, 0.2) is 5.79 Å². The van der Waals surface area contributed by atoms with E-state index in [9.17, 15) is 0 Å². The highest BCUT2D eigenvalue weighted by Gasteiger charge is 2.66. The van der Waals surface area contributed by atoms with Crippen LogP contribution in [0.5, 0.6) is 0 Å². The van der Waals surface area contributed by atoms with Crippen LogP contribution in [0, 0.1) is 34.5 Å². The summed E-state index contributed by atoms with van der Waals surface area (Å²) in [6.07, 6.45) is 14.2. The minimum absolute atomic E-state index is 0.215. The minimum atomic E-state index is -0.215. The zero-order chi connectivity index (χ0) is 15.7. The first-order chi connectivity index (χ1) is 11.1. The van der Waals surface area contributed by atoms with E-state index in [4.69, 9.17) is 9.47 Å². The maximum absolute atomic E-state index is 6.26. The molecule has 23 heavy (non-hydrogen) atoms. The van der Waals surface area contributed by atoms with Gasteiger partial charge in [0.25, 0.3) is 0 Å². The zero-order valence-corrected chi connectivity index (χ0v) is 15.1. The van der Waals surface area contributed by atoms with Crippen molar-refractivity contribution < 1.29 is 9.47 Å². The van der Waals surface area contributed by atoms with Gasteiger partial charge in [-0.3, -0.25) is 0 Å². The van der Waals surface area contributed by atoms with Crippen molar-refractivity contribution >= 4 is 0 Å². The third-order valence-electron chi connectivity index (χ3n) is 9.38. The molecule has 0 N–H and O–H groups in total. The molecule has 0 aromatic heterocycles. The van der Waals surface area contributed by atoms with Crippen LogP contribution in [0.3, 0.4) is 0 Å². The van der Waals surface area contributed by atoms with Crippen molar-refractivity contribution in [3.63, 3.8) is 0 Å². The van der Waals surface area contributed by atoms with Crippen LogP contribution in [0.1, 0.15) is 78.1 Å². The van der Waals surface area contributed by atoms with E-state index in [1.807, 2.05) is 0 Å². The van der Waals surface area contributed by atoms with Crippen LogP contribution < -0.4 is 0 Å². The van der Waals surface area contributed by atoms with Crippen LogP contribution in [0.15, 0.2) is 0 Å². The summed E-state index contributed by atoms with van der Waals surface area (Å²) in [6.45, 7) is 6.82. The average molecular weight is 319 g/mol. The molecule has 1 heterocycles. The van der Waals surface area contributed by atoms with E-state index < -0.39 is 0 Å². The smallest absolute Gasteiger partial charge is 0.174 e. The van der Waals surface area contributed by atoms with Crippen molar-refractivity contribution in [2.24, 2.45) is 34.5 Å². The van der Waals surface area contributed by atoms with Gasteiger partial charge in [-0.2, -0.15) is 0 Å². The summed E-state index contributed by atoms with van der Waals surface area (Å²) in [5.41, 5.74) is 0.929. The second-order valence-corrected chi connectivity index (χ2v) is 9.85. The molecule has 1 unspecified atom stereocenters. The Balaban J connectivity index is 1.47. The highest BCUT2D eigenvalue weighted by Crippen LogP contribution is 2.69. The van der Waals surface area contributed by atoms with E-state index in [0.29, 0.717) is 5.41 Å². The van der Waals surface area contributed by atoms with Gasteiger partial charge in [-0.1, -0.05) is 26.7 Å². The van der Waals surface area contributed by atoms with Crippen LogP contribution in [0.4, 0.5) is 0 Å². The van der Waals surface area contributed by atoms with E-state index in [1.54, 1.807) is 0 Å². The molecular formula is C21H34O2. The Kier molecular flexibility index (Phi) is 3.29. The van der Waals surface area contributed by atoms with Gasteiger partial charge in [0, 0.05) is 11.8 Å². The topological polar surface area (TPSA) is 18.5 Å². The molecule has 130 valence electrons. The van der Waals surface area contributed by atoms with Crippen molar-refractivity contribution in [3.8, 4) is 0 Å². The van der Waals surface area contributed by atoms with E-state index in [0.717, 1.165) is 43.3 Å². The van der Waals surface area contributed by atoms with Gasteiger partial charge in [-0.05, 0) is 74.0 Å². The lowest BCUT2D eigenvalue weighted by Gasteiger charge is -2.61. The first-order valence-corrected chi connectivity index (χ1v) is 10.4. The third kappa shape index (κ3) is 1.83. The molecule has 0 aromatic carbocycles. The standard InChI is InChI=1S/C21H34O2/c1-19-10-4-3-5-15(19)6-7-16-17(19)8-11-20(2)18(16)9-12-21(20)22-13-14-23-21/h15-18H,3-14H2,1-2H3/t15?,16-,17+,18+,19+,20+/m1/s1. The first kappa shape index (κ1) is 15.2. The van der Waals surface area contributed by atoms with E-state index in [2.05, 4.69) is 13.8 Å². The number of rotatable bonds is 0. The van der Waals surface area contributed by atoms with Gasteiger partial charge in [-0.25, -0.2) is 0 Å². The molecule has 0 radical (unpaired) electrons. The highest BCUT2D eigenvalue weighted by atomic mass is 16.7. The van der Waals surface area contributed by atoms with E-state index in [-0.39, 0.29) is 11.2 Å². The molecule has 2 heteroatoms. The van der Waals surface area contributed by atoms with Crippen LogP contribution in [-0.4, -0.2) is 19.0 Å². The Morgan fingerprint density at radius 3 is 2.35 bits per heavy atom. The Bertz CT molecular complexity index is 482. The second-order valence-electron chi connectivity index (χ2n) is 9.85. The Morgan fingerprint density at radius 2 is 1.52 bits per heavy atom. The van der Waals surface area contributed by atoms with Crippen molar-refractivity contribution in [3.05, 3.63) is 0 Å². The monoisotopic (exact) mass is 318 g/mol. The van der Waals surface area contributed by atoms with E-state index in [1.165, 1.54) is 57.8 Å². The Labute approximate surface area is 141 Å². The van der Waals surface area contributed by atoms with Crippen LogP contribution in [0.2, 0.25) is 0 Å². The Hall–Kier alpha value is -0.0800. The summed E-state index contributed by atoms with van der Waals surface area (Å²) in [7, 11) is 0. The van der Waals surface area contributed by atoms with Crippen LogP contribution >= 0.6 is 0 Å². The summed E-state index contributed by atoms with van der Waals surface area (Å²) in [5, 5.41) is 0. The van der Waals surface area contributed by atoms with Gasteiger partial charge in [0.2, 0.25) is 0 Å². The molecule has 0 aromatic rings. The fourth-order valence-electron chi connectivity index (χ4n) is 8.18. The molecule has 4 saturated carbocycles. The minimum Gasteiger partial charge on any atom is -0.347 e. The predicted molar refractivity (Wildman–Crippen MR) is 91.0 cm³/mol. The number of ether oxygens (including phenoxy) is 2. The number of hydrogen-bond acceptors (Lipinski definition) is 2. The molecule has 0 amide bonds. The fourth-order valence-corrected chi connectivity index (χ4v) is 8.18. The van der Waals surface area contributed by atoms with Crippen LogP contribution in [-0.2, 0) is 9.47 Å². The van der Waals surface area contributed by atoms with Gasteiger partial charge < -0.3 is 9.47 Å². The van der Waals surface area contributed by atoms with Crippen molar-refractivity contribution in [1.82, 2.24) is 0 Å². The van der Waals surface area contributed by atoms with E-state index >= 15 is 0 Å². The third-order valence-corrected chi connectivity index (χ3v) is 9.38. The lowest BCUT2D eigenvalue weighted by atomic mass is 9.45. The lowest BCUT2D eigenvalue weighted by molar-refractivity contribution is -0.247. The zero-order valence-electron chi connectivity index (χ0n) is 15.1. The van der Waals surface area contributed by atoms with Gasteiger partial charge in [0.1, 0.15) is 0 Å². The first-order valence-electron chi connectivity index (χ1n) is 10.4. The molecule has 2 nitrogen and oxygen atoms in total. The SMILES string of the molecule is C[C@]12CCCCC1CC[C@@H]1[C@@H]2CC[C@@]2(C)[C@H]1CCC21OCCO1. The summed E-state index contributed by atoms with van der Waals surface area (Å²) in [5.74, 6) is 3.58.